The third kappa shape index (κ3) is 1.17. The van der Waals surface area contributed by atoms with Gasteiger partial charge in [-0.15, -0.1) is 0 Å². The number of primary amides is 1. The van der Waals surface area contributed by atoms with Crippen LogP contribution in [-0.4, -0.2) is 10.3 Å². The fraction of sp³-hybridized carbons (Fsp3) is 0. The van der Waals surface area contributed by atoms with E-state index in [1.54, 1.807) is 0 Å². The zero-order valence-corrected chi connectivity index (χ0v) is 5.31. The lowest BCUT2D eigenvalue weighted by atomic mass is 10.4. The second-order valence-corrected chi connectivity index (χ2v) is 2.29. The summed E-state index contributed by atoms with van der Waals surface area (Å²) in [5.41, 5.74) is 10.1. The number of nitrogen functional groups attached to an aromatic ring is 1. The minimum absolute atomic E-state index is 0.341. The normalized spacial score (nSPS) is 9.33. The van der Waals surface area contributed by atoms with E-state index < -0.39 is 5.91 Å². The van der Waals surface area contributed by atoms with Crippen LogP contribution in [0.5, 0.6) is 0 Å². The molecule has 0 bridgehead atoms. The maximum atomic E-state index is 10.4. The lowest BCUT2D eigenvalue weighted by molar-refractivity contribution is 0.100. The van der Waals surface area contributed by atoms with Crippen LogP contribution in [0.1, 0.15) is 9.67 Å². The van der Waals surface area contributed by atoms with Crippen LogP contribution in [0.2, 0.25) is 0 Å². The van der Waals surface area contributed by atoms with Crippen molar-refractivity contribution >= 4 is 23.3 Å². The standard InChI is InChI=1S/C4H5N3OS/c5-3-1-2(4(6)8)9-7-3/h1H,(H2,5,7)(H2,6,8). The van der Waals surface area contributed by atoms with Crippen molar-refractivity contribution in [2.75, 3.05) is 5.73 Å². The Kier molecular flexibility index (Phi) is 1.35. The highest BCUT2D eigenvalue weighted by molar-refractivity contribution is 7.08. The van der Waals surface area contributed by atoms with Gasteiger partial charge in [-0.05, 0) is 11.5 Å². The number of hydrogen-bond donors (Lipinski definition) is 2. The first-order valence-electron chi connectivity index (χ1n) is 2.22. The van der Waals surface area contributed by atoms with Crippen LogP contribution in [0, 0.1) is 0 Å². The van der Waals surface area contributed by atoms with Crippen LogP contribution in [0.3, 0.4) is 0 Å². The molecule has 0 aromatic carbocycles. The molecule has 0 spiro atoms. The van der Waals surface area contributed by atoms with E-state index >= 15 is 0 Å². The van der Waals surface area contributed by atoms with Gasteiger partial charge in [-0.25, -0.2) is 0 Å². The highest BCUT2D eigenvalue weighted by atomic mass is 32.1. The molecule has 0 aliphatic rings. The van der Waals surface area contributed by atoms with Crippen LogP contribution in [0.4, 0.5) is 5.82 Å². The summed E-state index contributed by atoms with van der Waals surface area (Å²) in [6.45, 7) is 0. The number of hydrogen-bond acceptors (Lipinski definition) is 4. The molecule has 0 aliphatic heterocycles. The van der Waals surface area contributed by atoms with E-state index in [4.69, 9.17) is 11.5 Å². The first kappa shape index (κ1) is 6.03. The summed E-state index contributed by atoms with van der Waals surface area (Å²) >= 11 is 1.01. The number of nitrogens with zero attached hydrogens (tertiary/aromatic N) is 1. The lowest BCUT2D eigenvalue weighted by Gasteiger charge is -1.79. The molecule has 4 N–H and O–H groups in total. The molecule has 0 aliphatic carbocycles. The van der Waals surface area contributed by atoms with Gasteiger partial charge in [0, 0.05) is 6.07 Å². The Morgan fingerprint density at radius 3 is 2.67 bits per heavy atom. The van der Waals surface area contributed by atoms with Gasteiger partial charge in [-0.3, -0.25) is 4.79 Å². The van der Waals surface area contributed by atoms with E-state index in [1.807, 2.05) is 0 Å². The topological polar surface area (TPSA) is 82.0 Å². The van der Waals surface area contributed by atoms with Gasteiger partial charge in [-0.2, -0.15) is 4.37 Å². The van der Waals surface area contributed by atoms with Crippen molar-refractivity contribution in [3.05, 3.63) is 10.9 Å². The van der Waals surface area contributed by atoms with E-state index in [0.717, 1.165) is 11.5 Å². The fourth-order valence-corrected chi connectivity index (χ4v) is 0.925. The largest absolute Gasteiger partial charge is 0.383 e. The molecule has 0 radical (unpaired) electrons. The molecule has 1 amide bonds. The molecule has 0 saturated carbocycles. The zero-order valence-electron chi connectivity index (χ0n) is 4.50. The quantitative estimate of drug-likeness (QED) is 0.572. The van der Waals surface area contributed by atoms with Crippen molar-refractivity contribution in [3.8, 4) is 0 Å². The number of carbonyl (C=O) groups excluding carboxylic acids is 1. The fourth-order valence-electron chi connectivity index (χ4n) is 0.405. The van der Waals surface area contributed by atoms with Gasteiger partial charge in [0.25, 0.3) is 5.91 Å². The summed E-state index contributed by atoms with van der Waals surface area (Å²) in [7, 11) is 0. The Morgan fingerprint density at radius 2 is 2.44 bits per heavy atom. The van der Waals surface area contributed by atoms with Crippen LogP contribution in [0.15, 0.2) is 6.07 Å². The highest BCUT2D eigenvalue weighted by Crippen LogP contribution is 2.09. The zero-order chi connectivity index (χ0) is 6.85. The van der Waals surface area contributed by atoms with Gasteiger partial charge in [0.15, 0.2) is 0 Å². The number of carbonyl (C=O) groups is 1. The van der Waals surface area contributed by atoms with Gasteiger partial charge < -0.3 is 11.5 Å². The van der Waals surface area contributed by atoms with Crippen molar-refractivity contribution < 1.29 is 4.79 Å². The molecular weight excluding hydrogens is 138 g/mol. The summed E-state index contributed by atoms with van der Waals surface area (Å²) < 4.78 is 3.66. The minimum Gasteiger partial charge on any atom is -0.383 e. The SMILES string of the molecule is NC(=O)c1cc(N)ns1. The Hall–Kier alpha value is -1.10. The molecule has 48 valence electrons. The lowest BCUT2D eigenvalue weighted by Crippen LogP contribution is -2.08. The van der Waals surface area contributed by atoms with Crippen molar-refractivity contribution in [3.63, 3.8) is 0 Å². The Bertz CT molecular complexity index is 231. The molecule has 1 aromatic rings. The predicted octanol–water partition coefficient (Wildman–Crippen LogP) is -0.176. The molecule has 0 saturated heterocycles. The van der Waals surface area contributed by atoms with Crippen LogP contribution in [0.25, 0.3) is 0 Å². The highest BCUT2D eigenvalue weighted by Gasteiger charge is 2.02. The first-order valence-corrected chi connectivity index (χ1v) is 2.99. The average molecular weight is 143 g/mol. The van der Waals surface area contributed by atoms with E-state index in [2.05, 4.69) is 4.37 Å². The summed E-state index contributed by atoms with van der Waals surface area (Å²) in [5.74, 6) is -0.141. The number of aromatic nitrogens is 1. The van der Waals surface area contributed by atoms with Gasteiger partial charge in [0.05, 0.1) is 0 Å². The number of nitrogens with two attached hydrogens (primary N) is 2. The van der Waals surface area contributed by atoms with Crippen LogP contribution < -0.4 is 11.5 Å². The van der Waals surface area contributed by atoms with Crippen LogP contribution in [-0.2, 0) is 0 Å². The van der Waals surface area contributed by atoms with Crippen molar-refractivity contribution in [2.24, 2.45) is 5.73 Å². The smallest absolute Gasteiger partial charge is 0.260 e. The predicted molar refractivity (Wildman–Crippen MR) is 35.0 cm³/mol. The number of anilines is 1. The summed E-state index contributed by atoms with van der Waals surface area (Å²) in [5, 5.41) is 0. The van der Waals surface area contributed by atoms with Crippen molar-refractivity contribution in [1.82, 2.24) is 4.37 Å². The van der Waals surface area contributed by atoms with Crippen molar-refractivity contribution in [2.45, 2.75) is 0 Å². The minimum atomic E-state index is -0.482. The summed E-state index contributed by atoms with van der Waals surface area (Å²) in [6.07, 6.45) is 0. The Balaban J connectivity index is 2.98. The third-order valence-corrected chi connectivity index (χ3v) is 1.59. The molecule has 5 heteroatoms. The molecular formula is C4H5N3OS. The second kappa shape index (κ2) is 2.02. The Labute approximate surface area is 55.6 Å². The molecule has 1 aromatic heterocycles. The molecule has 1 rings (SSSR count). The molecule has 0 fully saturated rings. The Morgan fingerprint density at radius 1 is 1.78 bits per heavy atom. The number of amides is 1. The molecule has 9 heavy (non-hydrogen) atoms. The maximum absolute atomic E-state index is 10.4. The molecule has 0 unspecified atom stereocenters. The summed E-state index contributed by atoms with van der Waals surface area (Å²) in [4.78, 5) is 10.7. The van der Waals surface area contributed by atoms with E-state index in [-0.39, 0.29) is 0 Å². The van der Waals surface area contributed by atoms with E-state index in [9.17, 15) is 4.79 Å². The number of rotatable bonds is 1. The monoisotopic (exact) mass is 143 g/mol. The molecule has 1 heterocycles. The molecule has 0 atom stereocenters. The van der Waals surface area contributed by atoms with Crippen LogP contribution >= 0.6 is 11.5 Å². The van der Waals surface area contributed by atoms with E-state index in [0.29, 0.717) is 10.7 Å². The van der Waals surface area contributed by atoms with Gasteiger partial charge in [-0.1, -0.05) is 0 Å². The average Bonchev–Trinajstić information content (AvgIpc) is 2.14. The van der Waals surface area contributed by atoms with Crippen molar-refractivity contribution in [1.29, 1.82) is 0 Å². The second-order valence-electron chi connectivity index (χ2n) is 1.48. The van der Waals surface area contributed by atoms with Gasteiger partial charge >= 0.3 is 0 Å². The maximum Gasteiger partial charge on any atom is 0.260 e. The van der Waals surface area contributed by atoms with Gasteiger partial charge in [0.1, 0.15) is 10.7 Å². The summed E-state index contributed by atoms with van der Waals surface area (Å²) in [6, 6.07) is 1.45. The van der Waals surface area contributed by atoms with E-state index in [1.165, 1.54) is 6.07 Å². The third-order valence-electron chi connectivity index (χ3n) is 0.771. The molecule has 4 nitrogen and oxygen atoms in total. The van der Waals surface area contributed by atoms with Gasteiger partial charge in [0.2, 0.25) is 0 Å². The first-order chi connectivity index (χ1) is 4.20.